The van der Waals surface area contributed by atoms with E-state index >= 15 is 0 Å². The van der Waals surface area contributed by atoms with Gasteiger partial charge in [0.05, 0.1) is 0 Å². The van der Waals surface area contributed by atoms with E-state index in [0.29, 0.717) is 10.6 Å². The van der Waals surface area contributed by atoms with Crippen molar-refractivity contribution < 1.29 is 9.53 Å². The second kappa shape index (κ2) is 6.41. The number of allylic oxidation sites excluding steroid dienone is 2. The third-order valence-corrected chi connectivity index (χ3v) is 3.27. The molecule has 1 heterocycles. The summed E-state index contributed by atoms with van der Waals surface area (Å²) >= 11 is 5.93. The zero-order valence-corrected chi connectivity index (χ0v) is 12.3. The molecule has 0 unspecified atom stereocenters. The Morgan fingerprint density at radius 3 is 2.64 bits per heavy atom. The van der Waals surface area contributed by atoms with Crippen molar-refractivity contribution in [2.45, 2.75) is 0 Å². The standard InChI is InChI=1S/C18H12ClNO2/c19-15-10-5-9-14(12-15)17-20-16(18(21)22-17)11-4-8-13-6-2-1-3-7-13/h1-12H/b8-4+,16-11-. The Morgan fingerprint density at radius 1 is 1.05 bits per heavy atom. The zero-order chi connectivity index (χ0) is 15.4. The van der Waals surface area contributed by atoms with E-state index in [1.165, 1.54) is 0 Å². The van der Waals surface area contributed by atoms with Crippen LogP contribution in [0.25, 0.3) is 6.08 Å². The topological polar surface area (TPSA) is 38.7 Å². The number of benzene rings is 2. The summed E-state index contributed by atoms with van der Waals surface area (Å²) in [5.41, 5.74) is 1.99. The van der Waals surface area contributed by atoms with Crippen LogP contribution in [0.2, 0.25) is 5.02 Å². The Balaban J connectivity index is 1.81. The first-order valence-electron chi connectivity index (χ1n) is 6.72. The Morgan fingerprint density at radius 2 is 1.86 bits per heavy atom. The molecular formula is C18H12ClNO2. The third-order valence-electron chi connectivity index (χ3n) is 3.03. The third kappa shape index (κ3) is 3.32. The molecule has 0 fully saturated rings. The van der Waals surface area contributed by atoms with Gasteiger partial charge >= 0.3 is 5.97 Å². The number of esters is 1. The fourth-order valence-corrected chi connectivity index (χ4v) is 2.17. The summed E-state index contributed by atoms with van der Waals surface area (Å²) in [7, 11) is 0. The molecule has 1 aliphatic heterocycles. The van der Waals surface area contributed by atoms with E-state index in [2.05, 4.69) is 4.99 Å². The van der Waals surface area contributed by atoms with Gasteiger partial charge in [-0.1, -0.05) is 60.2 Å². The Labute approximate surface area is 133 Å². The normalized spacial score (nSPS) is 16.1. The van der Waals surface area contributed by atoms with Crippen LogP contribution < -0.4 is 0 Å². The summed E-state index contributed by atoms with van der Waals surface area (Å²) in [5, 5.41) is 0.567. The monoisotopic (exact) mass is 309 g/mol. The van der Waals surface area contributed by atoms with Gasteiger partial charge in [0.15, 0.2) is 5.70 Å². The average molecular weight is 310 g/mol. The Hall–Kier alpha value is -2.65. The summed E-state index contributed by atoms with van der Waals surface area (Å²) in [5.74, 6) is -0.195. The van der Waals surface area contributed by atoms with Crippen LogP contribution in [-0.4, -0.2) is 11.9 Å². The van der Waals surface area contributed by atoms with Crippen LogP contribution in [0.15, 0.2) is 77.4 Å². The van der Waals surface area contributed by atoms with Crippen molar-refractivity contribution in [2.75, 3.05) is 0 Å². The molecular weight excluding hydrogens is 298 g/mol. The van der Waals surface area contributed by atoms with E-state index in [0.717, 1.165) is 5.56 Å². The molecule has 2 aromatic carbocycles. The van der Waals surface area contributed by atoms with Crippen molar-refractivity contribution in [1.82, 2.24) is 0 Å². The molecule has 0 aliphatic carbocycles. The average Bonchev–Trinajstić information content (AvgIpc) is 2.90. The number of carbonyl (C=O) groups is 1. The highest BCUT2D eigenvalue weighted by molar-refractivity contribution is 6.31. The number of rotatable bonds is 3. The summed E-state index contributed by atoms with van der Waals surface area (Å²) < 4.78 is 5.17. The summed E-state index contributed by atoms with van der Waals surface area (Å²) in [6, 6.07) is 16.8. The predicted molar refractivity (Wildman–Crippen MR) is 87.6 cm³/mol. The van der Waals surface area contributed by atoms with Crippen molar-refractivity contribution in [3.8, 4) is 0 Å². The van der Waals surface area contributed by atoms with Gasteiger partial charge in [0, 0.05) is 10.6 Å². The maximum absolute atomic E-state index is 11.8. The molecule has 0 saturated heterocycles. The minimum absolute atomic E-state index is 0.266. The van der Waals surface area contributed by atoms with Crippen molar-refractivity contribution in [3.63, 3.8) is 0 Å². The fraction of sp³-hybridized carbons (Fsp3) is 0. The lowest BCUT2D eigenvalue weighted by Gasteiger charge is -1.98. The molecule has 0 N–H and O–H groups in total. The summed E-state index contributed by atoms with van der Waals surface area (Å²) in [4.78, 5) is 16.0. The van der Waals surface area contributed by atoms with E-state index in [9.17, 15) is 4.79 Å². The second-order valence-electron chi connectivity index (χ2n) is 4.64. The molecule has 2 aromatic rings. The molecule has 22 heavy (non-hydrogen) atoms. The zero-order valence-electron chi connectivity index (χ0n) is 11.6. The number of halogens is 1. The smallest absolute Gasteiger partial charge is 0.363 e. The van der Waals surface area contributed by atoms with E-state index < -0.39 is 5.97 Å². The highest BCUT2D eigenvalue weighted by Gasteiger charge is 2.23. The molecule has 108 valence electrons. The molecule has 0 saturated carbocycles. The quantitative estimate of drug-likeness (QED) is 0.628. The fourth-order valence-electron chi connectivity index (χ4n) is 1.98. The largest absolute Gasteiger partial charge is 0.402 e. The van der Waals surface area contributed by atoms with Crippen LogP contribution >= 0.6 is 11.6 Å². The first-order chi connectivity index (χ1) is 10.7. The Kier molecular flexibility index (Phi) is 4.17. The highest BCUT2D eigenvalue weighted by atomic mass is 35.5. The SMILES string of the molecule is O=C1OC(c2cccc(Cl)c2)=N/C1=C\C=C\c1ccccc1. The molecule has 0 aromatic heterocycles. The predicted octanol–water partition coefficient (Wildman–Crippen LogP) is 4.24. The van der Waals surface area contributed by atoms with E-state index in [-0.39, 0.29) is 11.6 Å². The van der Waals surface area contributed by atoms with Crippen molar-refractivity contribution in [2.24, 2.45) is 4.99 Å². The molecule has 3 rings (SSSR count). The molecule has 0 amide bonds. The summed E-state index contributed by atoms with van der Waals surface area (Å²) in [6.45, 7) is 0. The second-order valence-corrected chi connectivity index (χ2v) is 5.07. The molecule has 0 radical (unpaired) electrons. The van der Waals surface area contributed by atoms with Crippen molar-refractivity contribution in [1.29, 1.82) is 0 Å². The maximum Gasteiger partial charge on any atom is 0.363 e. The van der Waals surface area contributed by atoms with Gasteiger partial charge in [-0.25, -0.2) is 9.79 Å². The number of carbonyl (C=O) groups excluding carboxylic acids is 1. The van der Waals surface area contributed by atoms with Crippen molar-refractivity contribution in [3.05, 3.63) is 88.6 Å². The number of nitrogens with zero attached hydrogens (tertiary/aromatic N) is 1. The lowest BCUT2D eigenvalue weighted by molar-refractivity contribution is -0.130. The van der Waals surface area contributed by atoms with Crippen LogP contribution in [0, 0.1) is 0 Å². The van der Waals surface area contributed by atoms with Crippen LogP contribution in [0.3, 0.4) is 0 Å². The molecule has 1 aliphatic rings. The lowest BCUT2D eigenvalue weighted by atomic mass is 10.2. The Bertz CT molecular complexity index is 792. The van der Waals surface area contributed by atoms with Gasteiger partial charge in [-0.05, 0) is 29.8 Å². The number of cyclic esters (lactones) is 1. The lowest BCUT2D eigenvalue weighted by Crippen LogP contribution is -2.05. The van der Waals surface area contributed by atoms with Gasteiger partial charge < -0.3 is 4.74 Å². The van der Waals surface area contributed by atoms with Crippen LogP contribution in [0.1, 0.15) is 11.1 Å². The number of ether oxygens (including phenoxy) is 1. The molecule has 0 bridgehead atoms. The molecule has 4 heteroatoms. The van der Waals surface area contributed by atoms with E-state index in [1.54, 1.807) is 36.4 Å². The first kappa shape index (κ1) is 14.3. The van der Waals surface area contributed by atoms with Crippen LogP contribution in [0.4, 0.5) is 0 Å². The maximum atomic E-state index is 11.8. The van der Waals surface area contributed by atoms with Crippen LogP contribution in [0.5, 0.6) is 0 Å². The van der Waals surface area contributed by atoms with Gasteiger partial charge in [-0.2, -0.15) is 0 Å². The van der Waals surface area contributed by atoms with Gasteiger partial charge in [0.25, 0.3) is 0 Å². The van der Waals surface area contributed by atoms with E-state index in [1.807, 2.05) is 36.4 Å². The molecule has 0 atom stereocenters. The molecule has 0 spiro atoms. The van der Waals surface area contributed by atoms with Gasteiger partial charge in [0.2, 0.25) is 5.90 Å². The summed E-state index contributed by atoms with van der Waals surface area (Å²) in [6.07, 6.45) is 5.30. The van der Waals surface area contributed by atoms with Gasteiger partial charge in [-0.15, -0.1) is 0 Å². The van der Waals surface area contributed by atoms with Crippen LogP contribution in [-0.2, 0) is 9.53 Å². The van der Waals surface area contributed by atoms with Crippen molar-refractivity contribution >= 4 is 29.5 Å². The minimum Gasteiger partial charge on any atom is -0.402 e. The van der Waals surface area contributed by atoms with Gasteiger partial charge in [-0.3, -0.25) is 0 Å². The van der Waals surface area contributed by atoms with E-state index in [4.69, 9.17) is 16.3 Å². The number of aliphatic imine (C=N–C) groups is 1. The number of hydrogen-bond acceptors (Lipinski definition) is 3. The number of hydrogen-bond donors (Lipinski definition) is 0. The molecule has 3 nitrogen and oxygen atoms in total. The first-order valence-corrected chi connectivity index (χ1v) is 7.10. The highest BCUT2D eigenvalue weighted by Crippen LogP contribution is 2.19. The van der Waals surface area contributed by atoms with Gasteiger partial charge in [0.1, 0.15) is 0 Å². The minimum atomic E-state index is -0.465.